The molecule has 1 aliphatic heterocycles. The van der Waals surface area contributed by atoms with E-state index in [1.165, 1.54) is 17.2 Å². The number of amides is 1. The average molecular weight is 872 g/mol. The third-order valence-electron chi connectivity index (χ3n) is 10.2. The molecule has 1 unspecified atom stereocenters. The number of nitrogens with one attached hydrogen (secondary N) is 3. The van der Waals surface area contributed by atoms with Crippen LogP contribution in [0.3, 0.4) is 0 Å². The maximum absolute atomic E-state index is 13.2. The molecule has 1 aliphatic carbocycles. The van der Waals surface area contributed by atoms with Crippen LogP contribution in [0, 0.1) is 23.2 Å². The Morgan fingerprint density at radius 3 is 2.65 bits per heavy atom. The molecule has 24 heteroatoms. The van der Waals surface area contributed by atoms with Crippen LogP contribution >= 0.6 is 15.0 Å². The topological polar surface area (TPSA) is 267 Å². The predicted molar refractivity (Wildman–Crippen MR) is 214 cm³/mol. The molecule has 0 radical (unpaired) electrons. The number of hydrogen-bond acceptors (Lipinski definition) is 17. The first-order valence-electron chi connectivity index (χ1n) is 18.4. The lowest BCUT2D eigenvalue weighted by atomic mass is 10.1. The number of imidazole rings is 1. The molecule has 1 saturated heterocycles. The first-order chi connectivity index (χ1) is 26.8. The summed E-state index contributed by atoms with van der Waals surface area (Å²) in [6.45, 7) is 8.94. The van der Waals surface area contributed by atoms with E-state index in [2.05, 4.69) is 56.3 Å². The highest BCUT2D eigenvalue weighted by Crippen LogP contribution is 2.56. The zero-order chi connectivity index (χ0) is 41.7. The number of aliphatic hydroxyl groups excluding tert-OH is 1. The van der Waals surface area contributed by atoms with Crippen LogP contribution in [-0.2, 0) is 48.4 Å². The number of fused-ring (bicyclic) bond motifs is 1. The first-order valence-corrected chi connectivity index (χ1v) is 25.2. The Kier molecular flexibility index (Phi) is 15.0. The maximum Gasteiger partial charge on any atom is 0.327 e. The van der Waals surface area contributed by atoms with Gasteiger partial charge in [0.1, 0.15) is 30.5 Å². The van der Waals surface area contributed by atoms with Crippen molar-refractivity contribution in [1.82, 2.24) is 29.5 Å². The number of carbonyl (C=O) groups is 1. The van der Waals surface area contributed by atoms with Crippen molar-refractivity contribution in [3.8, 4) is 6.07 Å². The van der Waals surface area contributed by atoms with Crippen LogP contribution in [0.1, 0.15) is 60.1 Å². The summed E-state index contributed by atoms with van der Waals surface area (Å²) in [7, 11) is -5.98. The van der Waals surface area contributed by atoms with Gasteiger partial charge in [-0.3, -0.25) is 33.5 Å². The molecule has 20 nitrogen and oxygen atoms in total. The van der Waals surface area contributed by atoms with Gasteiger partial charge in [-0.15, -0.1) is 0 Å². The monoisotopic (exact) mass is 871 g/mol. The van der Waals surface area contributed by atoms with E-state index in [9.17, 15) is 29.4 Å². The molecule has 5 rings (SSSR count). The fourth-order valence-electron chi connectivity index (χ4n) is 6.16. The molecule has 314 valence electrons. The molecule has 2 aliphatic rings. The van der Waals surface area contributed by atoms with Gasteiger partial charge in [-0.25, -0.2) is 15.0 Å². The average Bonchev–Trinajstić information content (AvgIpc) is 3.82. The summed E-state index contributed by atoms with van der Waals surface area (Å²) in [6, 6.07) is 3.51. The second kappa shape index (κ2) is 18.9. The van der Waals surface area contributed by atoms with Crippen LogP contribution in [0.15, 0.2) is 29.7 Å². The normalized spacial score (nSPS) is 25.7. The van der Waals surface area contributed by atoms with Gasteiger partial charge < -0.3 is 38.1 Å². The van der Waals surface area contributed by atoms with Crippen LogP contribution in [0.25, 0.3) is 11.2 Å². The van der Waals surface area contributed by atoms with E-state index in [-0.39, 0.29) is 53.7 Å². The van der Waals surface area contributed by atoms with Crippen molar-refractivity contribution < 1.29 is 46.6 Å². The molecule has 5 N–H and O–H groups in total. The number of H-pyrrole nitrogens is 1. The smallest absolute Gasteiger partial charge is 0.327 e. The summed E-state index contributed by atoms with van der Waals surface area (Å²) >= 11 is 6.03. The molecule has 2 fully saturated rings. The number of nitriles is 1. The second-order valence-corrected chi connectivity index (χ2v) is 24.1. The van der Waals surface area contributed by atoms with Crippen molar-refractivity contribution >= 4 is 63.9 Å². The largest absolute Gasteiger partial charge is 0.408 e. The summed E-state index contributed by atoms with van der Waals surface area (Å²) in [6.07, 6.45) is 0.0695. The minimum atomic E-state index is -3.88. The van der Waals surface area contributed by atoms with Crippen LogP contribution in [0.4, 0.5) is 11.8 Å². The molecule has 0 bridgehead atoms. The lowest BCUT2D eigenvalue weighted by Gasteiger charge is -2.41. The van der Waals surface area contributed by atoms with E-state index >= 15 is 0 Å². The van der Waals surface area contributed by atoms with Crippen molar-refractivity contribution in [3.05, 3.63) is 35.3 Å². The van der Waals surface area contributed by atoms with Crippen LogP contribution in [0.5, 0.6) is 0 Å². The van der Waals surface area contributed by atoms with Gasteiger partial charge in [0.05, 0.1) is 44.7 Å². The molecule has 4 heterocycles. The predicted octanol–water partition coefficient (Wildman–Crippen LogP) is 4.00. The van der Waals surface area contributed by atoms with Gasteiger partial charge in [0.2, 0.25) is 11.9 Å². The van der Waals surface area contributed by atoms with E-state index < -0.39 is 77.9 Å². The molecule has 3 aromatic heterocycles. The third-order valence-corrected chi connectivity index (χ3v) is 17.5. The fourth-order valence-corrected chi connectivity index (χ4v) is 10.1. The Morgan fingerprint density at radius 1 is 1.26 bits per heavy atom. The van der Waals surface area contributed by atoms with Crippen LogP contribution < -0.4 is 16.2 Å². The van der Waals surface area contributed by atoms with Gasteiger partial charge in [-0.1, -0.05) is 34.6 Å². The molecule has 0 aromatic carbocycles. The minimum absolute atomic E-state index is 0.0353. The maximum atomic E-state index is 13.2. The SMILES string of the molecule is CC(C)C(=O)Nc1nc2c(ncn2[C@@H]2O[C@H](CO)[C@@H](O[Si](C)(C)C(C)(C)C)[C@H]2O[P@](=S)(OCCC#N)OC[C@H]2C[C@@H](Nc3ccncn3)C[C@@H]2O[PH](=O)O)c(=O)[nH]1. The number of ether oxygens (including phenoxy) is 1. The molecule has 1 saturated carbocycles. The molecule has 0 spiro atoms. The Labute approximate surface area is 336 Å². The summed E-state index contributed by atoms with van der Waals surface area (Å²) in [5.74, 6) is -0.791. The quantitative estimate of drug-likeness (QED) is 0.0687. The van der Waals surface area contributed by atoms with Crippen molar-refractivity contribution in [3.63, 3.8) is 0 Å². The number of aromatic nitrogens is 6. The van der Waals surface area contributed by atoms with E-state index in [0.29, 0.717) is 18.7 Å². The van der Waals surface area contributed by atoms with Crippen molar-refractivity contribution in [1.29, 1.82) is 5.26 Å². The zero-order valence-electron chi connectivity index (χ0n) is 32.8. The van der Waals surface area contributed by atoms with Gasteiger partial charge in [-0.2, -0.15) is 10.2 Å². The number of rotatable bonds is 18. The Hall–Kier alpha value is -3.03. The molecule has 3 aromatic rings. The number of hydrogen-bond donors (Lipinski definition) is 5. The molecule has 1 amide bonds. The highest BCUT2D eigenvalue weighted by atomic mass is 32.5. The van der Waals surface area contributed by atoms with Gasteiger partial charge in [0.15, 0.2) is 25.7 Å². The van der Waals surface area contributed by atoms with Crippen LogP contribution in [0.2, 0.25) is 18.1 Å². The molecular formula is C33H51N9O11P2SSi. The van der Waals surface area contributed by atoms with E-state index in [1.54, 1.807) is 26.1 Å². The summed E-state index contributed by atoms with van der Waals surface area (Å²) in [4.78, 5) is 54.9. The summed E-state index contributed by atoms with van der Waals surface area (Å²) in [5, 5.41) is 25.7. The lowest BCUT2D eigenvalue weighted by Crippen LogP contribution is -2.50. The van der Waals surface area contributed by atoms with Crippen molar-refractivity contribution in [2.75, 3.05) is 30.5 Å². The Bertz CT molecular complexity index is 2030. The lowest BCUT2D eigenvalue weighted by molar-refractivity contribution is -0.118. The zero-order valence-corrected chi connectivity index (χ0v) is 36.5. The van der Waals surface area contributed by atoms with Crippen LogP contribution in [-0.4, -0.2) is 104 Å². The van der Waals surface area contributed by atoms with E-state index in [4.69, 9.17) is 39.1 Å². The molecule has 57 heavy (non-hydrogen) atoms. The summed E-state index contributed by atoms with van der Waals surface area (Å²) < 4.78 is 51.3. The highest BCUT2D eigenvalue weighted by molar-refractivity contribution is 8.07. The number of aromatic amines is 1. The van der Waals surface area contributed by atoms with Gasteiger partial charge in [0, 0.05) is 24.1 Å². The number of anilines is 2. The third kappa shape index (κ3) is 11.2. The van der Waals surface area contributed by atoms with Gasteiger partial charge in [0.25, 0.3) is 5.56 Å². The number of nitrogens with zero attached hydrogens (tertiary/aromatic N) is 6. The molecule has 9 atom stereocenters. The number of aliphatic hydroxyl groups is 1. The fraction of sp³-hybridized carbons (Fsp3) is 0.667. The number of carbonyl (C=O) groups excluding carboxylic acids is 1. The Balaban J connectivity index is 1.52. The van der Waals surface area contributed by atoms with E-state index in [0.717, 1.165) is 0 Å². The summed E-state index contributed by atoms with van der Waals surface area (Å²) in [5.41, 5.74) is -0.649. The highest BCUT2D eigenvalue weighted by Gasteiger charge is 2.54. The second-order valence-electron chi connectivity index (χ2n) is 15.6. The standard InChI is InChI=1S/C33H51N9O11P2SSi/c1-19(2)29(44)40-32-39-28-25(30(45)41-32)37-18-42(28)31-27(26(23(15-43)50-31)53-57(6,7)33(3,4)5)52-55(56,48-12-8-10-34)49-16-20-13-21(14-22(20)51-54(46)47)38-24-9-11-35-17-36-24/h9,11,17-23,26-27,31,43,54H,8,12-16H2,1-7H3,(H,46,47)(H,35,36,38)(H2,39,40,41,44,45)/t20-,21-,22+,23-,26-,27-,31-,55+/m1/s1. The van der Waals surface area contributed by atoms with E-state index in [1.807, 2.05) is 19.2 Å². The van der Waals surface area contributed by atoms with Gasteiger partial charge in [-0.05, 0) is 48.8 Å². The molecular weight excluding hydrogens is 821 g/mol. The minimum Gasteiger partial charge on any atom is -0.408 e. The Morgan fingerprint density at radius 2 is 2.02 bits per heavy atom. The van der Waals surface area contributed by atoms with Gasteiger partial charge >= 0.3 is 15.0 Å². The first kappa shape index (κ1) is 45.1. The van der Waals surface area contributed by atoms with Crippen molar-refractivity contribution in [2.24, 2.45) is 11.8 Å². The van der Waals surface area contributed by atoms with Crippen molar-refractivity contribution in [2.45, 2.75) is 109 Å².